The van der Waals surface area contributed by atoms with Crippen LogP contribution >= 0.6 is 0 Å². The molecule has 0 aliphatic rings. The molecule has 0 bridgehead atoms. The molecule has 0 saturated carbocycles. The van der Waals surface area contributed by atoms with E-state index in [2.05, 4.69) is 38.1 Å². The third kappa shape index (κ3) is 3.76. The molecule has 0 fully saturated rings. The van der Waals surface area contributed by atoms with Gasteiger partial charge in [-0.3, -0.25) is 0 Å². The lowest BCUT2D eigenvalue weighted by Crippen LogP contribution is -2.29. The van der Waals surface area contributed by atoms with E-state index in [1.807, 2.05) is 42.5 Å². The van der Waals surface area contributed by atoms with E-state index in [0.29, 0.717) is 0 Å². The van der Waals surface area contributed by atoms with Crippen molar-refractivity contribution in [3.05, 3.63) is 71.3 Å². The highest BCUT2D eigenvalue weighted by Crippen LogP contribution is 2.36. The maximum absolute atomic E-state index is 11.6. The molecule has 2 rings (SSSR count). The number of hydrogen-bond acceptors (Lipinski definition) is 2. The van der Waals surface area contributed by atoms with Gasteiger partial charge in [0.2, 0.25) is 0 Å². The molecule has 0 heterocycles. The minimum absolute atomic E-state index is 0.748. The normalized spacial score (nSPS) is 14.0. The van der Waals surface area contributed by atoms with Crippen molar-refractivity contribution in [1.29, 1.82) is 0 Å². The van der Waals surface area contributed by atoms with Gasteiger partial charge in [-0.2, -0.15) is 0 Å². The first-order chi connectivity index (χ1) is 10.6. The van der Waals surface area contributed by atoms with E-state index in [1.54, 1.807) is 0 Å². The molecule has 2 aromatic rings. The number of benzene rings is 2. The lowest BCUT2D eigenvalue weighted by atomic mass is 9.80. The molecule has 0 radical (unpaired) electrons. The van der Waals surface area contributed by atoms with E-state index in [9.17, 15) is 5.11 Å². The summed E-state index contributed by atoms with van der Waals surface area (Å²) in [6.45, 7) is 2.99. The van der Waals surface area contributed by atoms with Gasteiger partial charge in [-0.15, -0.1) is 0 Å². The van der Waals surface area contributed by atoms with Crippen molar-refractivity contribution in [3.63, 3.8) is 0 Å². The number of unbranched alkanes of at least 4 members (excludes halogenated alkanes) is 1. The summed E-state index contributed by atoms with van der Waals surface area (Å²) in [5.74, 6) is 0. The topological polar surface area (TPSA) is 23.5 Å². The predicted molar refractivity (Wildman–Crippen MR) is 92.8 cm³/mol. The summed E-state index contributed by atoms with van der Waals surface area (Å²) in [5, 5.41) is 11.6. The molecule has 1 atom stereocenters. The lowest BCUT2D eigenvalue weighted by molar-refractivity contribution is 0.0670. The minimum atomic E-state index is -0.913. The average molecular weight is 297 g/mol. The summed E-state index contributed by atoms with van der Waals surface area (Å²) in [7, 11) is 4.12. The van der Waals surface area contributed by atoms with E-state index >= 15 is 0 Å². The second kappa shape index (κ2) is 7.57. The number of aliphatic hydroxyl groups is 1. The number of nitrogens with zero attached hydrogens (tertiary/aromatic N) is 1. The molecule has 0 spiro atoms. The summed E-state index contributed by atoms with van der Waals surface area (Å²) < 4.78 is 0. The van der Waals surface area contributed by atoms with Crippen LogP contribution in [0.2, 0.25) is 0 Å². The fourth-order valence-electron chi connectivity index (χ4n) is 2.98. The molecule has 2 aromatic carbocycles. The Hall–Kier alpha value is -1.64. The fourth-order valence-corrected chi connectivity index (χ4v) is 2.98. The van der Waals surface area contributed by atoms with Gasteiger partial charge >= 0.3 is 0 Å². The highest BCUT2D eigenvalue weighted by Gasteiger charge is 2.32. The molecular weight excluding hydrogens is 270 g/mol. The largest absolute Gasteiger partial charge is 0.380 e. The van der Waals surface area contributed by atoms with Crippen LogP contribution in [0.3, 0.4) is 0 Å². The molecular formula is C20H27NO. The lowest BCUT2D eigenvalue weighted by Gasteiger charge is -2.32. The maximum Gasteiger partial charge on any atom is 0.115 e. The van der Waals surface area contributed by atoms with Crippen LogP contribution in [-0.2, 0) is 12.1 Å². The molecule has 2 nitrogen and oxygen atoms in total. The van der Waals surface area contributed by atoms with Crippen molar-refractivity contribution < 1.29 is 5.11 Å². The molecule has 0 saturated heterocycles. The SMILES string of the molecule is CCCC[C@](O)(c1ccccc1)c1ccccc1CN(C)C. The highest BCUT2D eigenvalue weighted by atomic mass is 16.3. The molecule has 0 aromatic heterocycles. The van der Waals surface area contributed by atoms with Crippen LogP contribution in [0, 0.1) is 0 Å². The summed E-state index contributed by atoms with van der Waals surface area (Å²) in [5.41, 5.74) is 2.29. The third-order valence-electron chi connectivity index (χ3n) is 4.09. The van der Waals surface area contributed by atoms with Gasteiger partial charge in [0.25, 0.3) is 0 Å². The van der Waals surface area contributed by atoms with Gasteiger partial charge in [-0.1, -0.05) is 74.4 Å². The zero-order chi connectivity index (χ0) is 16.0. The Morgan fingerprint density at radius 1 is 0.955 bits per heavy atom. The molecule has 2 heteroatoms. The number of rotatable bonds is 7. The summed E-state index contributed by atoms with van der Waals surface area (Å²) in [4.78, 5) is 2.14. The van der Waals surface area contributed by atoms with E-state index in [0.717, 1.165) is 36.9 Å². The zero-order valence-corrected chi connectivity index (χ0v) is 13.9. The van der Waals surface area contributed by atoms with Crippen LogP contribution in [0.5, 0.6) is 0 Å². The first-order valence-corrected chi connectivity index (χ1v) is 8.09. The average Bonchev–Trinajstić information content (AvgIpc) is 2.53. The molecule has 0 aliphatic heterocycles. The standard InChI is InChI=1S/C20H27NO/c1-4-5-15-20(22,18-12-7-6-8-13-18)19-14-10-9-11-17(19)16-21(2)3/h6-14,22H,4-5,15-16H2,1-3H3/t20-/m0/s1. The van der Waals surface area contributed by atoms with Crippen LogP contribution in [0.25, 0.3) is 0 Å². The Bertz CT molecular complexity index is 579. The number of hydrogen-bond donors (Lipinski definition) is 1. The summed E-state index contributed by atoms with van der Waals surface area (Å²) in [6, 6.07) is 18.3. The van der Waals surface area contributed by atoms with Gasteiger partial charge < -0.3 is 10.0 Å². The van der Waals surface area contributed by atoms with Gasteiger partial charge in [0.15, 0.2) is 0 Å². The van der Waals surface area contributed by atoms with E-state index < -0.39 is 5.60 Å². The molecule has 0 amide bonds. The van der Waals surface area contributed by atoms with Crippen molar-refractivity contribution in [2.75, 3.05) is 14.1 Å². The maximum atomic E-state index is 11.6. The van der Waals surface area contributed by atoms with E-state index in [4.69, 9.17) is 0 Å². The van der Waals surface area contributed by atoms with Crippen LogP contribution in [-0.4, -0.2) is 24.1 Å². The molecule has 0 aliphatic carbocycles. The first-order valence-electron chi connectivity index (χ1n) is 8.09. The van der Waals surface area contributed by atoms with Crippen molar-refractivity contribution in [2.45, 2.75) is 38.3 Å². The van der Waals surface area contributed by atoms with Gasteiger partial charge in [-0.25, -0.2) is 0 Å². The second-order valence-electron chi connectivity index (χ2n) is 6.22. The second-order valence-corrected chi connectivity index (χ2v) is 6.22. The van der Waals surface area contributed by atoms with Gasteiger partial charge in [-0.05, 0) is 37.2 Å². The Labute approximate surface area is 134 Å². The Kier molecular flexibility index (Phi) is 5.76. The van der Waals surface area contributed by atoms with Gasteiger partial charge in [0, 0.05) is 6.54 Å². The fraction of sp³-hybridized carbons (Fsp3) is 0.400. The minimum Gasteiger partial charge on any atom is -0.380 e. The van der Waals surface area contributed by atoms with Crippen molar-refractivity contribution >= 4 is 0 Å². The van der Waals surface area contributed by atoms with E-state index in [1.165, 1.54) is 5.56 Å². The first kappa shape index (κ1) is 16.7. The smallest absolute Gasteiger partial charge is 0.115 e. The van der Waals surface area contributed by atoms with Crippen LogP contribution in [0.15, 0.2) is 54.6 Å². The Morgan fingerprint density at radius 3 is 2.23 bits per heavy atom. The predicted octanol–water partition coefficient (Wildman–Crippen LogP) is 4.17. The monoisotopic (exact) mass is 297 g/mol. The molecule has 1 N–H and O–H groups in total. The van der Waals surface area contributed by atoms with Crippen molar-refractivity contribution in [3.8, 4) is 0 Å². The van der Waals surface area contributed by atoms with Crippen molar-refractivity contribution in [1.82, 2.24) is 4.90 Å². The Morgan fingerprint density at radius 2 is 1.59 bits per heavy atom. The van der Waals surface area contributed by atoms with Crippen molar-refractivity contribution in [2.24, 2.45) is 0 Å². The van der Waals surface area contributed by atoms with Gasteiger partial charge in [0.05, 0.1) is 0 Å². The Balaban J connectivity index is 2.50. The highest BCUT2D eigenvalue weighted by molar-refractivity contribution is 5.41. The third-order valence-corrected chi connectivity index (χ3v) is 4.09. The van der Waals surface area contributed by atoms with Crippen LogP contribution in [0.1, 0.15) is 42.9 Å². The van der Waals surface area contributed by atoms with Crippen LogP contribution < -0.4 is 0 Å². The summed E-state index contributed by atoms with van der Waals surface area (Å²) in [6.07, 6.45) is 2.82. The molecule has 22 heavy (non-hydrogen) atoms. The molecule has 0 unspecified atom stereocenters. The van der Waals surface area contributed by atoms with E-state index in [-0.39, 0.29) is 0 Å². The van der Waals surface area contributed by atoms with Gasteiger partial charge in [0.1, 0.15) is 5.60 Å². The van der Waals surface area contributed by atoms with Crippen LogP contribution in [0.4, 0.5) is 0 Å². The quantitative estimate of drug-likeness (QED) is 0.829. The molecule has 118 valence electrons. The zero-order valence-electron chi connectivity index (χ0n) is 13.9. The summed E-state index contributed by atoms with van der Waals surface area (Å²) >= 11 is 0.